The van der Waals surface area contributed by atoms with Crippen molar-refractivity contribution in [3.05, 3.63) is 24.0 Å². The van der Waals surface area contributed by atoms with Gasteiger partial charge in [0, 0.05) is 38.4 Å². The Morgan fingerprint density at radius 3 is 2.95 bits per heavy atom. The van der Waals surface area contributed by atoms with E-state index in [1.54, 1.807) is 18.3 Å². The van der Waals surface area contributed by atoms with Crippen LogP contribution in [-0.4, -0.2) is 66.1 Å². The van der Waals surface area contributed by atoms with Crippen LogP contribution in [0.4, 0.5) is 5.69 Å². The molecule has 0 spiro atoms. The Labute approximate surface area is 124 Å². The number of carbonyl (C=O) groups is 1. The van der Waals surface area contributed by atoms with Crippen molar-refractivity contribution in [1.82, 2.24) is 14.8 Å². The Kier molecular flexibility index (Phi) is 4.33. The molecule has 1 amide bonds. The molecule has 7 heteroatoms. The van der Waals surface area contributed by atoms with Crippen molar-refractivity contribution in [2.75, 3.05) is 44.8 Å². The Balaban J connectivity index is 1.63. The normalized spacial score (nSPS) is 23.3. The highest BCUT2D eigenvalue weighted by atomic mass is 16.5. The molecule has 3 heterocycles. The Morgan fingerprint density at radius 2 is 2.19 bits per heavy atom. The number of nitrogen functional groups attached to an aromatic ring is 1. The summed E-state index contributed by atoms with van der Waals surface area (Å²) in [5.41, 5.74) is 3.67. The molecule has 0 radical (unpaired) electrons. The number of amides is 1. The fraction of sp³-hybridized carbons (Fsp3) is 0.571. The fourth-order valence-corrected chi connectivity index (χ4v) is 2.97. The molecule has 2 saturated heterocycles. The quantitative estimate of drug-likeness (QED) is 0.598. The summed E-state index contributed by atoms with van der Waals surface area (Å²) < 4.78 is 5.38. The first kappa shape index (κ1) is 14.2. The van der Waals surface area contributed by atoms with Gasteiger partial charge in [-0.25, -0.2) is 0 Å². The average Bonchev–Trinajstić information content (AvgIpc) is 3.05. The molecule has 2 aliphatic rings. The second-order valence-electron chi connectivity index (χ2n) is 5.42. The summed E-state index contributed by atoms with van der Waals surface area (Å²) in [5, 5.41) is 0. The van der Waals surface area contributed by atoms with Gasteiger partial charge in [-0.3, -0.25) is 20.5 Å². The van der Waals surface area contributed by atoms with Crippen molar-refractivity contribution in [2.24, 2.45) is 5.84 Å². The van der Waals surface area contributed by atoms with Crippen LogP contribution in [0.25, 0.3) is 0 Å². The summed E-state index contributed by atoms with van der Waals surface area (Å²) in [6.45, 7) is 5.03. The molecule has 0 saturated carbocycles. The number of hydrogen-bond acceptors (Lipinski definition) is 6. The summed E-state index contributed by atoms with van der Waals surface area (Å²) in [4.78, 5) is 20.9. The SMILES string of the molecule is NNc1ccnc(C(=O)N2CCC(N3CCOCC3)C2)c1. The maximum Gasteiger partial charge on any atom is 0.272 e. The Morgan fingerprint density at radius 1 is 1.38 bits per heavy atom. The predicted octanol–water partition coefficient (Wildman–Crippen LogP) is -0.0861. The van der Waals surface area contributed by atoms with Gasteiger partial charge in [-0.05, 0) is 18.6 Å². The second-order valence-corrected chi connectivity index (χ2v) is 5.42. The number of nitrogens with one attached hydrogen (secondary N) is 1. The Hall–Kier alpha value is -1.70. The zero-order chi connectivity index (χ0) is 14.7. The summed E-state index contributed by atoms with van der Waals surface area (Å²) >= 11 is 0. The van der Waals surface area contributed by atoms with Crippen molar-refractivity contribution in [2.45, 2.75) is 12.5 Å². The van der Waals surface area contributed by atoms with Gasteiger partial charge in [0.15, 0.2) is 0 Å². The fourth-order valence-electron chi connectivity index (χ4n) is 2.97. The van der Waals surface area contributed by atoms with E-state index in [1.165, 1.54) is 0 Å². The van der Waals surface area contributed by atoms with E-state index >= 15 is 0 Å². The van der Waals surface area contributed by atoms with Crippen LogP contribution in [0, 0.1) is 0 Å². The van der Waals surface area contributed by atoms with Crippen molar-refractivity contribution >= 4 is 11.6 Å². The minimum atomic E-state index is -0.0251. The molecule has 0 bridgehead atoms. The summed E-state index contributed by atoms with van der Waals surface area (Å²) in [7, 11) is 0. The molecular weight excluding hydrogens is 270 g/mol. The van der Waals surface area contributed by atoms with Crippen molar-refractivity contribution < 1.29 is 9.53 Å². The van der Waals surface area contributed by atoms with E-state index in [1.807, 2.05) is 4.90 Å². The van der Waals surface area contributed by atoms with E-state index in [-0.39, 0.29) is 5.91 Å². The molecular formula is C14H21N5O2. The predicted molar refractivity (Wildman–Crippen MR) is 78.7 cm³/mol. The van der Waals surface area contributed by atoms with Gasteiger partial charge in [-0.2, -0.15) is 0 Å². The molecule has 3 N–H and O–H groups in total. The molecule has 1 unspecified atom stereocenters. The number of pyridine rings is 1. The first-order valence-corrected chi connectivity index (χ1v) is 7.31. The highest BCUT2D eigenvalue weighted by Gasteiger charge is 2.31. The highest BCUT2D eigenvalue weighted by molar-refractivity contribution is 5.93. The van der Waals surface area contributed by atoms with Crippen molar-refractivity contribution in [1.29, 1.82) is 0 Å². The van der Waals surface area contributed by atoms with E-state index < -0.39 is 0 Å². The molecule has 0 aromatic carbocycles. The van der Waals surface area contributed by atoms with Crippen LogP contribution in [0.2, 0.25) is 0 Å². The van der Waals surface area contributed by atoms with Crippen LogP contribution in [0.15, 0.2) is 18.3 Å². The molecule has 21 heavy (non-hydrogen) atoms. The van der Waals surface area contributed by atoms with Crippen LogP contribution in [-0.2, 0) is 4.74 Å². The molecule has 1 aromatic heterocycles. The van der Waals surface area contributed by atoms with E-state index in [9.17, 15) is 4.79 Å². The smallest absolute Gasteiger partial charge is 0.272 e. The molecule has 114 valence electrons. The number of hydrogen-bond donors (Lipinski definition) is 2. The van der Waals surface area contributed by atoms with Crippen LogP contribution >= 0.6 is 0 Å². The van der Waals surface area contributed by atoms with Crippen molar-refractivity contribution in [3.8, 4) is 0 Å². The topological polar surface area (TPSA) is 83.7 Å². The Bertz CT molecular complexity index is 504. The number of morpholine rings is 1. The van der Waals surface area contributed by atoms with Gasteiger partial charge >= 0.3 is 0 Å². The largest absolute Gasteiger partial charge is 0.379 e. The molecule has 3 rings (SSSR count). The lowest BCUT2D eigenvalue weighted by atomic mass is 10.2. The van der Waals surface area contributed by atoms with Gasteiger partial charge in [-0.1, -0.05) is 0 Å². The monoisotopic (exact) mass is 291 g/mol. The molecule has 1 aromatic rings. The van der Waals surface area contributed by atoms with E-state index in [4.69, 9.17) is 10.6 Å². The zero-order valence-corrected chi connectivity index (χ0v) is 12.0. The lowest BCUT2D eigenvalue weighted by Crippen LogP contribution is -2.45. The maximum atomic E-state index is 12.5. The lowest BCUT2D eigenvalue weighted by molar-refractivity contribution is 0.0185. The highest BCUT2D eigenvalue weighted by Crippen LogP contribution is 2.19. The second kappa shape index (κ2) is 6.38. The van der Waals surface area contributed by atoms with Gasteiger partial charge in [0.05, 0.1) is 18.9 Å². The third-order valence-electron chi connectivity index (χ3n) is 4.16. The molecule has 7 nitrogen and oxygen atoms in total. The lowest BCUT2D eigenvalue weighted by Gasteiger charge is -2.32. The number of anilines is 1. The minimum Gasteiger partial charge on any atom is -0.379 e. The number of aromatic nitrogens is 1. The van der Waals surface area contributed by atoms with Gasteiger partial charge < -0.3 is 15.1 Å². The third kappa shape index (κ3) is 3.15. The first-order valence-electron chi connectivity index (χ1n) is 7.31. The van der Waals surface area contributed by atoms with Gasteiger partial charge in [0.25, 0.3) is 5.91 Å². The summed E-state index contributed by atoms with van der Waals surface area (Å²) in [6.07, 6.45) is 2.61. The third-order valence-corrected chi connectivity index (χ3v) is 4.16. The van der Waals surface area contributed by atoms with Crippen LogP contribution in [0.5, 0.6) is 0 Å². The number of rotatable bonds is 3. The van der Waals surface area contributed by atoms with Crippen LogP contribution < -0.4 is 11.3 Å². The molecule has 2 fully saturated rings. The number of ether oxygens (including phenoxy) is 1. The number of carbonyl (C=O) groups excluding carboxylic acids is 1. The number of hydrazine groups is 1. The minimum absolute atomic E-state index is 0.0251. The van der Waals surface area contributed by atoms with Gasteiger partial charge in [0.2, 0.25) is 0 Å². The van der Waals surface area contributed by atoms with Gasteiger partial charge in [0.1, 0.15) is 5.69 Å². The number of nitrogens with zero attached hydrogens (tertiary/aromatic N) is 3. The van der Waals surface area contributed by atoms with E-state index in [2.05, 4.69) is 15.3 Å². The molecule has 2 aliphatic heterocycles. The summed E-state index contributed by atoms with van der Waals surface area (Å²) in [5.74, 6) is 5.35. The molecule has 1 atom stereocenters. The van der Waals surface area contributed by atoms with Crippen molar-refractivity contribution in [3.63, 3.8) is 0 Å². The standard InChI is InChI=1S/C14H21N5O2/c15-17-11-1-3-16-13(9-11)14(20)19-4-2-12(10-19)18-5-7-21-8-6-18/h1,3,9,12H,2,4-8,10,15H2,(H,16,17). The number of likely N-dealkylation sites (tertiary alicyclic amines) is 1. The first-order chi connectivity index (χ1) is 10.3. The van der Waals surface area contributed by atoms with Crippen LogP contribution in [0.1, 0.15) is 16.9 Å². The zero-order valence-electron chi connectivity index (χ0n) is 12.0. The van der Waals surface area contributed by atoms with Gasteiger partial charge in [-0.15, -0.1) is 0 Å². The summed E-state index contributed by atoms with van der Waals surface area (Å²) in [6, 6.07) is 3.86. The maximum absolute atomic E-state index is 12.5. The van der Waals surface area contributed by atoms with Crippen LogP contribution in [0.3, 0.4) is 0 Å². The van der Waals surface area contributed by atoms with E-state index in [0.717, 1.165) is 45.8 Å². The average molecular weight is 291 g/mol. The molecule has 0 aliphatic carbocycles. The van der Waals surface area contributed by atoms with E-state index in [0.29, 0.717) is 17.4 Å². The number of nitrogens with two attached hydrogens (primary N) is 1.